The number of rotatable bonds is 5. The average molecular weight is 445 g/mol. The zero-order valence-electron chi connectivity index (χ0n) is 16.4. The number of fused-ring (bicyclic) bond motifs is 1. The summed E-state index contributed by atoms with van der Waals surface area (Å²) in [5.41, 5.74) is 2.65. The molecule has 0 spiro atoms. The topological polar surface area (TPSA) is 108 Å². The van der Waals surface area contributed by atoms with Gasteiger partial charge in [-0.1, -0.05) is 17.4 Å². The first-order valence-electron chi connectivity index (χ1n) is 9.28. The molecule has 1 aliphatic rings. The second kappa shape index (κ2) is 7.69. The largest absolute Gasteiger partial charge is 0.346 e. The maximum atomic E-state index is 12.5. The van der Waals surface area contributed by atoms with Crippen molar-refractivity contribution in [2.75, 3.05) is 23.3 Å². The number of nitrogens with zero attached hydrogens (tertiary/aromatic N) is 2. The molecule has 0 aliphatic carbocycles. The Kier molecular flexibility index (Phi) is 5.20. The summed E-state index contributed by atoms with van der Waals surface area (Å²) >= 11 is 1.62. The molecule has 4 rings (SSSR count). The van der Waals surface area contributed by atoms with E-state index >= 15 is 0 Å². The molecule has 2 aromatic carbocycles. The Labute approximate surface area is 178 Å². The number of nitrogens with one attached hydrogen (secondary N) is 2. The van der Waals surface area contributed by atoms with E-state index in [-0.39, 0.29) is 16.7 Å². The number of hydrogen-bond donors (Lipinski definition) is 2. The van der Waals surface area contributed by atoms with E-state index in [9.17, 15) is 18.0 Å². The highest BCUT2D eigenvalue weighted by atomic mass is 32.2. The summed E-state index contributed by atoms with van der Waals surface area (Å²) < 4.78 is 27.0. The number of hydrogen-bond acceptors (Lipinski definition) is 7. The van der Waals surface area contributed by atoms with Gasteiger partial charge in [-0.2, -0.15) is 0 Å². The van der Waals surface area contributed by atoms with Gasteiger partial charge in [0.2, 0.25) is 11.8 Å². The Balaban J connectivity index is 1.35. The zero-order chi connectivity index (χ0) is 21.5. The first-order valence-corrected chi connectivity index (χ1v) is 11.6. The number of amides is 2. The highest BCUT2D eigenvalue weighted by molar-refractivity contribution is 7.90. The smallest absolute Gasteiger partial charge is 0.264 e. The van der Waals surface area contributed by atoms with Gasteiger partial charge in [-0.3, -0.25) is 9.59 Å². The molecule has 2 N–H and O–H groups in total. The molecular weight excluding hydrogens is 424 g/mol. The number of benzene rings is 2. The lowest BCUT2D eigenvalue weighted by atomic mass is 10.00. The first-order chi connectivity index (χ1) is 14.2. The molecule has 30 heavy (non-hydrogen) atoms. The molecule has 2 heterocycles. The fourth-order valence-corrected chi connectivity index (χ4v) is 5.24. The van der Waals surface area contributed by atoms with E-state index in [0.717, 1.165) is 22.3 Å². The molecule has 8 nitrogen and oxygen atoms in total. The normalized spacial score (nSPS) is 14.4. The molecule has 1 fully saturated rings. The third-order valence-corrected chi connectivity index (χ3v) is 7.29. The van der Waals surface area contributed by atoms with Crippen molar-refractivity contribution in [1.82, 2.24) is 9.71 Å². The molecule has 1 aliphatic heterocycles. The minimum Gasteiger partial charge on any atom is -0.346 e. The van der Waals surface area contributed by atoms with Crippen LogP contribution in [-0.4, -0.2) is 38.3 Å². The number of aromatic nitrogens is 1. The van der Waals surface area contributed by atoms with E-state index in [0.29, 0.717) is 18.8 Å². The van der Waals surface area contributed by atoms with Crippen LogP contribution in [0.2, 0.25) is 0 Å². The lowest BCUT2D eigenvalue weighted by molar-refractivity contribution is -0.120. The zero-order valence-corrected chi connectivity index (χ0v) is 18.0. The minimum absolute atomic E-state index is 0.0448. The maximum absolute atomic E-state index is 12.5. The molecule has 0 atom stereocenters. The average Bonchev–Trinajstić information content (AvgIpc) is 3.02. The summed E-state index contributed by atoms with van der Waals surface area (Å²) in [4.78, 5) is 30.1. The molecule has 10 heteroatoms. The Hall–Kier alpha value is -2.98. The monoisotopic (exact) mass is 444 g/mol. The predicted molar refractivity (Wildman–Crippen MR) is 116 cm³/mol. The van der Waals surface area contributed by atoms with Gasteiger partial charge < -0.3 is 10.2 Å². The quantitative estimate of drug-likeness (QED) is 0.626. The van der Waals surface area contributed by atoms with Crippen molar-refractivity contribution in [3.05, 3.63) is 48.0 Å². The van der Waals surface area contributed by atoms with Crippen molar-refractivity contribution in [3.8, 4) is 0 Å². The van der Waals surface area contributed by atoms with E-state index in [1.54, 1.807) is 11.3 Å². The van der Waals surface area contributed by atoms with E-state index in [4.69, 9.17) is 0 Å². The predicted octanol–water partition coefficient (Wildman–Crippen LogP) is 2.50. The van der Waals surface area contributed by atoms with Crippen LogP contribution in [0.1, 0.15) is 12.5 Å². The van der Waals surface area contributed by atoms with E-state index in [1.807, 2.05) is 23.8 Å². The van der Waals surface area contributed by atoms with Gasteiger partial charge in [0.1, 0.15) is 0 Å². The van der Waals surface area contributed by atoms with Crippen LogP contribution in [0.3, 0.4) is 0 Å². The van der Waals surface area contributed by atoms with Crippen LogP contribution in [0.4, 0.5) is 10.8 Å². The second-order valence-corrected chi connectivity index (χ2v) is 9.94. The Morgan fingerprint density at radius 1 is 1.13 bits per heavy atom. The van der Waals surface area contributed by atoms with Crippen LogP contribution < -0.4 is 14.9 Å². The standard InChI is InChI=1S/C20H20N4O4S2/c1-12-3-8-17-18(9-12)29-20(22-17)24-10-14(11-24)19(26)21-15-4-6-16(7-5-15)30(27,28)23-13(2)25/h3-9,14H,10-11H2,1-2H3,(H,21,26)(H,23,25). The van der Waals surface area contributed by atoms with Gasteiger partial charge in [0, 0.05) is 25.7 Å². The highest BCUT2D eigenvalue weighted by Crippen LogP contribution is 2.33. The first kappa shape index (κ1) is 20.3. The number of anilines is 2. The van der Waals surface area contributed by atoms with Crippen molar-refractivity contribution in [3.63, 3.8) is 0 Å². The molecule has 1 saturated heterocycles. The summed E-state index contributed by atoms with van der Waals surface area (Å²) in [7, 11) is -3.89. The number of carbonyl (C=O) groups is 2. The third-order valence-electron chi connectivity index (χ3n) is 4.77. The van der Waals surface area contributed by atoms with Gasteiger partial charge in [0.05, 0.1) is 21.0 Å². The summed E-state index contributed by atoms with van der Waals surface area (Å²) in [6, 6.07) is 11.8. The Morgan fingerprint density at radius 3 is 2.50 bits per heavy atom. The van der Waals surface area contributed by atoms with Crippen LogP contribution in [0.15, 0.2) is 47.4 Å². The van der Waals surface area contributed by atoms with Crippen LogP contribution in [0, 0.1) is 12.8 Å². The van der Waals surface area contributed by atoms with Crippen molar-refractivity contribution in [2.24, 2.45) is 5.92 Å². The second-order valence-electron chi connectivity index (χ2n) is 7.24. The van der Waals surface area contributed by atoms with Gasteiger partial charge in [-0.05, 0) is 48.9 Å². The fourth-order valence-electron chi connectivity index (χ4n) is 3.17. The molecule has 0 unspecified atom stereocenters. The van der Waals surface area contributed by atoms with E-state index in [1.165, 1.54) is 29.8 Å². The van der Waals surface area contributed by atoms with E-state index < -0.39 is 15.9 Å². The van der Waals surface area contributed by atoms with Gasteiger partial charge in [0.15, 0.2) is 5.13 Å². The molecule has 1 aromatic heterocycles. The number of sulfonamides is 1. The summed E-state index contributed by atoms with van der Waals surface area (Å²) in [5.74, 6) is -0.951. The van der Waals surface area contributed by atoms with Crippen molar-refractivity contribution in [2.45, 2.75) is 18.7 Å². The van der Waals surface area contributed by atoms with Gasteiger partial charge in [-0.15, -0.1) is 0 Å². The molecule has 0 saturated carbocycles. The van der Waals surface area contributed by atoms with Gasteiger partial charge >= 0.3 is 0 Å². The van der Waals surface area contributed by atoms with Gasteiger partial charge in [0.25, 0.3) is 10.0 Å². The van der Waals surface area contributed by atoms with Crippen molar-refractivity contribution < 1.29 is 18.0 Å². The summed E-state index contributed by atoms with van der Waals surface area (Å²) in [6.07, 6.45) is 0. The van der Waals surface area contributed by atoms with E-state index in [2.05, 4.69) is 21.3 Å². The lowest BCUT2D eigenvalue weighted by Gasteiger charge is -2.37. The number of aryl methyl sites for hydroxylation is 1. The van der Waals surface area contributed by atoms with Crippen LogP contribution in [-0.2, 0) is 19.6 Å². The molecule has 0 bridgehead atoms. The molecule has 2 amide bonds. The number of thiazole rings is 1. The van der Waals surface area contributed by atoms with Gasteiger partial charge in [-0.25, -0.2) is 18.1 Å². The van der Waals surface area contributed by atoms with Crippen LogP contribution >= 0.6 is 11.3 Å². The SMILES string of the molecule is CC(=O)NS(=O)(=O)c1ccc(NC(=O)C2CN(c3nc4ccc(C)cc4s3)C2)cc1. The van der Waals surface area contributed by atoms with Crippen LogP contribution in [0.25, 0.3) is 10.2 Å². The lowest BCUT2D eigenvalue weighted by Crippen LogP contribution is -2.52. The Morgan fingerprint density at radius 2 is 1.83 bits per heavy atom. The summed E-state index contributed by atoms with van der Waals surface area (Å²) in [5, 5.41) is 3.71. The minimum atomic E-state index is -3.89. The molecule has 3 aromatic rings. The summed E-state index contributed by atoms with van der Waals surface area (Å²) in [6.45, 7) is 4.34. The molecular formula is C20H20N4O4S2. The van der Waals surface area contributed by atoms with Crippen molar-refractivity contribution in [1.29, 1.82) is 0 Å². The Bertz CT molecular complexity index is 1230. The molecule has 156 valence electrons. The highest BCUT2D eigenvalue weighted by Gasteiger charge is 2.34. The fraction of sp³-hybridized carbons (Fsp3) is 0.250. The van der Waals surface area contributed by atoms with Crippen LogP contribution in [0.5, 0.6) is 0 Å². The third kappa shape index (κ3) is 4.14. The number of carbonyl (C=O) groups excluding carboxylic acids is 2. The van der Waals surface area contributed by atoms with Crippen molar-refractivity contribution >= 4 is 54.2 Å². The molecule has 0 radical (unpaired) electrons. The maximum Gasteiger partial charge on any atom is 0.264 e.